The number of hydrogen-bond acceptors (Lipinski definition) is 0. The maximum Gasteiger partial charge on any atom is 0.0294 e. The van der Waals surface area contributed by atoms with E-state index in [1.807, 2.05) is 0 Å². The molecule has 0 nitrogen and oxygen atoms in total. The molecule has 14 heavy (non-hydrogen) atoms. The lowest BCUT2D eigenvalue weighted by molar-refractivity contribution is 1.30. The third-order valence-corrected chi connectivity index (χ3v) is 3.65. The molecule has 0 bridgehead atoms. The summed E-state index contributed by atoms with van der Waals surface area (Å²) in [7, 11) is 0. The summed E-state index contributed by atoms with van der Waals surface area (Å²) in [6, 6.07) is 10.8. The Morgan fingerprint density at radius 1 is 1.14 bits per heavy atom. The van der Waals surface area contributed by atoms with Crippen molar-refractivity contribution in [2.45, 2.75) is 6.42 Å². The summed E-state index contributed by atoms with van der Waals surface area (Å²) in [4.78, 5) is 0. The quantitative estimate of drug-likeness (QED) is 0.653. The van der Waals surface area contributed by atoms with E-state index >= 15 is 0 Å². The molecule has 0 atom stereocenters. The third-order valence-electron chi connectivity index (χ3n) is 2.74. The van der Waals surface area contributed by atoms with Gasteiger partial charge in [0, 0.05) is 4.47 Å². The molecule has 1 aliphatic carbocycles. The first-order chi connectivity index (χ1) is 6.86. The summed E-state index contributed by atoms with van der Waals surface area (Å²) in [5, 5.41) is 2.62. The van der Waals surface area contributed by atoms with Gasteiger partial charge in [0.1, 0.15) is 0 Å². The van der Waals surface area contributed by atoms with Crippen molar-refractivity contribution in [3.05, 3.63) is 52.0 Å². The Labute approximate surface area is 91.4 Å². The van der Waals surface area contributed by atoms with Gasteiger partial charge in [-0.25, -0.2) is 0 Å². The van der Waals surface area contributed by atoms with E-state index < -0.39 is 0 Å². The van der Waals surface area contributed by atoms with Gasteiger partial charge in [0.05, 0.1) is 0 Å². The Morgan fingerprint density at radius 2 is 2.00 bits per heavy atom. The zero-order valence-electron chi connectivity index (χ0n) is 7.63. The topological polar surface area (TPSA) is 0 Å². The van der Waals surface area contributed by atoms with Gasteiger partial charge in [-0.05, 0) is 50.3 Å². The zero-order valence-corrected chi connectivity index (χ0v) is 9.21. The average Bonchev–Trinajstić information content (AvgIpc) is 2.66. The predicted molar refractivity (Wildman–Crippen MR) is 64.4 cm³/mol. The Balaban J connectivity index is 2.47. The molecule has 2 aromatic carbocycles. The molecule has 0 spiro atoms. The number of allylic oxidation sites excluding steroid dienone is 1. The van der Waals surface area contributed by atoms with Gasteiger partial charge < -0.3 is 0 Å². The fourth-order valence-corrected chi connectivity index (χ4v) is 2.78. The van der Waals surface area contributed by atoms with Crippen molar-refractivity contribution in [2.75, 3.05) is 0 Å². The lowest BCUT2D eigenvalue weighted by Gasteiger charge is -2.07. The van der Waals surface area contributed by atoms with E-state index in [0.29, 0.717) is 0 Å². The van der Waals surface area contributed by atoms with Gasteiger partial charge in [-0.3, -0.25) is 0 Å². The Morgan fingerprint density at radius 3 is 2.93 bits per heavy atom. The van der Waals surface area contributed by atoms with E-state index in [2.05, 4.69) is 58.4 Å². The Kier molecular flexibility index (Phi) is 1.74. The molecule has 2 aromatic rings. The minimum Gasteiger partial charge on any atom is -0.0795 e. The van der Waals surface area contributed by atoms with Crippen molar-refractivity contribution in [3.63, 3.8) is 0 Å². The van der Waals surface area contributed by atoms with Crippen LogP contribution in [0.15, 0.2) is 40.9 Å². The van der Waals surface area contributed by atoms with Crippen LogP contribution in [0.25, 0.3) is 16.8 Å². The monoisotopic (exact) mass is 244 g/mol. The number of rotatable bonds is 0. The van der Waals surface area contributed by atoms with Crippen LogP contribution in [0.3, 0.4) is 0 Å². The average molecular weight is 245 g/mol. The summed E-state index contributed by atoms with van der Waals surface area (Å²) in [6.45, 7) is 0. The van der Waals surface area contributed by atoms with Gasteiger partial charge in [-0.1, -0.05) is 36.4 Å². The molecule has 0 N–H and O–H groups in total. The van der Waals surface area contributed by atoms with Gasteiger partial charge in [0.25, 0.3) is 0 Å². The zero-order chi connectivity index (χ0) is 9.54. The van der Waals surface area contributed by atoms with E-state index in [1.165, 1.54) is 26.4 Å². The van der Waals surface area contributed by atoms with Crippen molar-refractivity contribution in [1.29, 1.82) is 0 Å². The lowest BCUT2D eigenvalue weighted by Crippen LogP contribution is -1.86. The van der Waals surface area contributed by atoms with Gasteiger partial charge in [-0.15, -0.1) is 0 Å². The minimum atomic E-state index is 1.06. The van der Waals surface area contributed by atoms with Crippen LogP contribution in [0, 0.1) is 0 Å². The van der Waals surface area contributed by atoms with Gasteiger partial charge >= 0.3 is 0 Å². The molecule has 0 radical (unpaired) electrons. The second-order valence-corrected chi connectivity index (χ2v) is 4.38. The van der Waals surface area contributed by atoms with Crippen molar-refractivity contribution in [3.8, 4) is 0 Å². The highest BCUT2D eigenvalue weighted by molar-refractivity contribution is 9.10. The first-order valence-electron chi connectivity index (χ1n) is 4.73. The number of fused-ring (bicyclic) bond motifs is 2. The molecule has 0 saturated carbocycles. The number of benzene rings is 2. The van der Waals surface area contributed by atoms with Gasteiger partial charge in [0.15, 0.2) is 0 Å². The SMILES string of the molecule is Brc1c2c(cc3ccccc13)C=CC2. The van der Waals surface area contributed by atoms with Crippen molar-refractivity contribution < 1.29 is 0 Å². The Hall–Kier alpha value is -1.08. The molecule has 0 aliphatic heterocycles. The third kappa shape index (κ3) is 1.05. The van der Waals surface area contributed by atoms with Crippen molar-refractivity contribution in [2.24, 2.45) is 0 Å². The van der Waals surface area contributed by atoms with Crippen molar-refractivity contribution >= 4 is 32.8 Å². The van der Waals surface area contributed by atoms with Crippen LogP contribution in [0.4, 0.5) is 0 Å². The summed E-state index contributed by atoms with van der Waals surface area (Å²) in [6.07, 6.45) is 5.47. The highest BCUT2D eigenvalue weighted by Crippen LogP contribution is 2.34. The fourth-order valence-electron chi connectivity index (χ4n) is 2.03. The summed E-state index contributed by atoms with van der Waals surface area (Å²) < 4.78 is 1.26. The normalized spacial score (nSPS) is 13.5. The van der Waals surface area contributed by atoms with Crippen LogP contribution < -0.4 is 0 Å². The van der Waals surface area contributed by atoms with Crippen LogP contribution in [0.2, 0.25) is 0 Å². The standard InChI is InChI=1S/C13H9Br/c14-13-11-6-2-1-4-9(11)8-10-5-3-7-12(10)13/h1-6,8H,7H2. The van der Waals surface area contributed by atoms with Crippen molar-refractivity contribution in [1.82, 2.24) is 0 Å². The highest BCUT2D eigenvalue weighted by Gasteiger charge is 2.11. The molecule has 0 heterocycles. The molecule has 0 saturated heterocycles. The number of halogens is 1. The molecule has 68 valence electrons. The van der Waals surface area contributed by atoms with E-state index in [-0.39, 0.29) is 0 Å². The summed E-state index contributed by atoms with van der Waals surface area (Å²) >= 11 is 3.69. The smallest absolute Gasteiger partial charge is 0.0294 e. The maximum atomic E-state index is 3.69. The lowest BCUT2D eigenvalue weighted by atomic mass is 10.0. The van der Waals surface area contributed by atoms with Gasteiger partial charge in [0.2, 0.25) is 0 Å². The molecule has 0 unspecified atom stereocenters. The molecule has 1 heteroatoms. The van der Waals surface area contributed by atoms with Crippen LogP contribution in [0.5, 0.6) is 0 Å². The molecule has 1 aliphatic rings. The minimum absolute atomic E-state index is 1.06. The van der Waals surface area contributed by atoms with Gasteiger partial charge in [-0.2, -0.15) is 0 Å². The van der Waals surface area contributed by atoms with Crippen LogP contribution in [-0.2, 0) is 6.42 Å². The summed E-state index contributed by atoms with van der Waals surface area (Å²) in [5.41, 5.74) is 2.78. The molecular weight excluding hydrogens is 236 g/mol. The molecule has 0 fully saturated rings. The second-order valence-electron chi connectivity index (χ2n) is 3.59. The van der Waals surface area contributed by atoms with Crippen LogP contribution >= 0.6 is 15.9 Å². The molecule has 0 aromatic heterocycles. The molecule has 0 amide bonds. The van der Waals surface area contributed by atoms with E-state index in [9.17, 15) is 0 Å². The predicted octanol–water partition coefficient (Wildman–Crippen LogP) is 4.17. The van der Waals surface area contributed by atoms with E-state index in [1.54, 1.807) is 0 Å². The maximum absolute atomic E-state index is 3.69. The van der Waals surface area contributed by atoms with Crippen LogP contribution in [-0.4, -0.2) is 0 Å². The molecule has 3 rings (SSSR count). The van der Waals surface area contributed by atoms with E-state index in [4.69, 9.17) is 0 Å². The highest BCUT2D eigenvalue weighted by atomic mass is 79.9. The first-order valence-corrected chi connectivity index (χ1v) is 5.52. The second kappa shape index (κ2) is 2.96. The summed E-state index contributed by atoms with van der Waals surface area (Å²) in [5.74, 6) is 0. The van der Waals surface area contributed by atoms with E-state index in [0.717, 1.165) is 6.42 Å². The van der Waals surface area contributed by atoms with Crippen LogP contribution in [0.1, 0.15) is 11.1 Å². The molecular formula is C13H9Br. The fraction of sp³-hybridized carbons (Fsp3) is 0.0769. The largest absolute Gasteiger partial charge is 0.0795 e. The number of hydrogen-bond donors (Lipinski definition) is 0. The first kappa shape index (κ1) is 8.25. The Bertz CT molecular complexity index is 538.